The number of aryl methyl sites for hydroxylation is 2. The number of hydrogen-bond donors (Lipinski definition) is 3. The summed E-state index contributed by atoms with van der Waals surface area (Å²) in [6.45, 7) is 4.64. The van der Waals surface area contributed by atoms with Crippen molar-refractivity contribution in [2.75, 3.05) is 18.5 Å². The summed E-state index contributed by atoms with van der Waals surface area (Å²) in [5, 5.41) is 12.6. The highest BCUT2D eigenvalue weighted by Gasteiger charge is 2.09. The molecule has 130 valence electrons. The fourth-order valence-electron chi connectivity index (χ4n) is 2.24. The minimum Gasteiger partial charge on any atom is -0.396 e. The van der Waals surface area contributed by atoms with Gasteiger partial charge < -0.3 is 16.2 Å². The molecule has 5 nitrogen and oxygen atoms in total. The van der Waals surface area contributed by atoms with Crippen LogP contribution in [0.3, 0.4) is 0 Å². The van der Waals surface area contributed by atoms with Crippen molar-refractivity contribution in [1.29, 1.82) is 0 Å². The number of benzene rings is 1. The zero-order valence-corrected chi connectivity index (χ0v) is 16.4. The summed E-state index contributed by atoms with van der Waals surface area (Å²) in [4.78, 5) is 8.61. The lowest BCUT2D eigenvalue weighted by Gasteiger charge is -2.12. The first-order valence-corrected chi connectivity index (χ1v) is 7.73. The van der Waals surface area contributed by atoms with Gasteiger partial charge in [-0.05, 0) is 55.7 Å². The highest BCUT2D eigenvalue weighted by molar-refractivity contribution is 14.0. The molecule has 0 aliphatic heterocycles. The van der Waals surface area contributed by atoms with Crippen LogP contribution in [-0.2, 0) is 6.42 Å². The van der Waals surface area contributed by atoms with Crippen molar-refractivity contribution in [2.45, 2.75) is 20.3 Å². The summed E-state index contributed by atoms with van der Waals surface area (Å²) >= 11 is 0. The van der Waals surface area contributed by atoms with E-state index in [0.29, 0.717) is 18.9 Å². The van der Waals surface area contributed by atoms with E-state index >= 15 is 0 Å². The molecule has 2 aromatic rings. The monoisotopic (exact) mass is 440 g/mol. The van der Waals surface area contributed by atoms with E-state index in [1.165, 1.54) is 11.1 Å². The summed E-state index contributed by atoms with van der Waals surface area (Å²) in [6, 6.07) is 11.8. The number of aliphatic hydroxyl groups excluding tert-OH is 1. The van der Waals surface area contributed by atoms with E-state index in [-0.39, 0.29) is 36.5 Å². The molecule has 1 unspecified atom stereocenters. The summed E-state index contributed by atoms with van der Waals surface area (Å²) in [5.41, 5.74) is 10.2. The molecule has 1 aromatic heterocycles. The highest BCUT2D eigenvalue weighted by atomic mass is 127. The van der Waals surface area contributed by atoms with E-state index in [4.69, 9.17) is 5.73 Å². The number of aromatic nitrogens is 1. The molecule has 0 amide bonds. The van der Waals surface area contributed by atoms with Gasteiger partial charge in [0.1, 0.15) is 0 Å². The zero-order valence-electron chi connectivity index (χ0n) is 14.1. The SMILES string of the molecule is Cc1ccc(NC(N)=NCC(CO)Cc2ccccn2)cc1C.I. The Kier molecular flexibility index (Phi) is 8.70. The second kappa shape index (κ2) is 10.2. The number of guanidine groups is 1. The first-order chi connectivity index (χ1) is 11.1. The number of anilines is 1. The molecule has 4 N–H and O–H groups in total. The summed E-state index contributed by atoms with van der Waals surface area (Å²) in [7, 11) is 0. The van der Waals surface area contributed by atoms with Crippen molar-refractivity contribution >= 4 is 35.6 Å². The maximum atomic E-state index is 9.50. The van der Waals surface area contributed by atoms with Crippen molar-refractivity contribution in [3.05, 3.63) is 59.4 Å². The van der Waals surface area contributed by atoms with Gasteiger partial charge >= 0.3 is 0 Å². The molecule has 1 heterocycles. The van der Waals surface area contributed by atoms with Crippen LogP contribution < -0.4 is 11.1 Å². The van der Waals surface area contributed by atoms with Crippen LogP contribution in [0.2, 0.25) is 0 Å². The van der Waals surface area contributed by atoms with Gasteiger partial charge in [0.2, 0.25) is 0 Å². The smallest absolute Gasteiger partial charge is 0.193 e. The van der Waals surface area contributed by atoms with E-state index in [2.05, 4.69) is 29.1 Å². The Hall–Kier alpha value is -1.67. The third kappa shape index (κ3) is 6.45. The number of halogens is 1. The van der Waals surface area contributed by atoms with Gasteiger partial charge in [0.15, 0.2) is 5.96 Å². The number of nitrogens with two attached hydrogens (primary N) is 1. The Morgan fingerprint density at radius 3 is 2.67 bits per heavy atom. The van der Waals surface area contributed by atoms with Crippen LogP contribution in [0.15, 0.2) is 47.6 Å². The largest absolute Gasteiger partial charge is 0.396 e. The number of aliphatic hydroxyl groups is 1. The highest BCUT2D eigenvalue weighted by Crippen LogP contribution is 2.14. The summed E-state index contributed by atoms with van der Waals surface area (Å²) in [6.07, 6.45) is 2.43. The van der Waals surface area contributed by atoms with Crippen molar-refractivity contribution in [2.24, 2.45) is 16.6 Å². The van der Waals surface area contributed by atoms with Crippen LogP contribution in [-0.4, -0.2) is 29.2 Å². The molecule has 24 heavy (non-hydrogen) atoms. The lowest BCUT2D eigenvalue weighted by Crippen LogP contribution is -2.25. The molecule has 2 rings (SSSR count). The number of hydrogen-bond acceptors (Lipinski definition) is 3. The third-order valence-electron chi connectivity index (χ3n) is 3.78. The van der Waals surface area contributed by atoms with E-state index in [9.17, 15) is 5.11 Å². The maximum absolute atomic E-state index is 9.50. The number of nitrogens with zero attached hydrogens (tertiary/aromatic N) is 2. The molecule has 0 spiro atoms. The number of pyridine rings is 1. The van der Waals surface area contributed by atoms with Crippen LogP contribution in [0.4, 0.5) is 5.69 Å². The molecule has 6 heteroatoms. The molecule has 0 radical (unpaired) electrons. The third-order valence-corrected chi connectivity index (χ3v) is 3.78. The minimum atomic E-state index is 0. The normalized spacial score (nSPS) is 12.4. The lowest BCUT2D eigenvalue weighted by atomic mass is 10.0. The first-order valence-electron chi connectivity index (χ1n) is 7.73. The van der Waals surface area contributed by atoms with Crippen LogP contribution in [0.5, 0.6) is 0 Å². The number of aliphatic imine (C=N–C) groups is 1. The van der Waals surface area contributed by atoms with Crippen molar-refractivity contribution in [1.82, 2.24) is 4.98 Å². The van der Waals surface area contributed by atoms with Gasteiger partial charge in [-0.1, -0.05) is 12.1 Å². The van der Waals surface area contributed by atoms with Crippen molar-refractivity contribution < 1.29 is 5.11 Å². The van der Waals surface area contributed by atoms with Gasteiger partial charge in [-0.2, -0.15) is 0 Å². The molecule has 0 saturated heterocycles. The fraction of sp³-hybridized carbons (Fsp3) is 0.333. The van der Waals surface area contributed by atoms with E-state index in [0.717, 1.165) is 11.4 Å². The van der Waals surface area contributed by atoms with Gasteiger partial charge in [-0.25, -0.2) is 0 Å². The molecule has 0 aliphatic rings. The van der Waals surface area contributed by atoms with Crippen LogP contribution in [0, 0.1) is 19.8 Å². The van der Waals surface area contributed by atoms with Gasteiger partial charge in [0, 0.05) is 36.6 Å². The predicted octanol–water partition coefficient (Wildman–Crippen LogP) is 2.89. The molecular formula is C18H25IN4O. The minimum absolute atomic E-state index is 0. The predicted molar refractivity (Wildman–Crippen MR) is 110 cm³/mol. The average molecular weight is 440 g/mol. The molecule has 0 aliphatic carbocycles. The summed E-state index contributed by atoms with van der Waals surface area (Å²) < 4.78 is 0. The Morgan fingerprint density at radius 2 is 2.04 bits per heavy atom. The molecule has 0 saturated carbocycles. The van der Waals surface area contributed by atoms with Crippen LogP contribution in [0.25, 0.3) is 0 Å². The van der Waals surface area contributed by atoms with Crippen molar-refractivity contribution in [3.63, 3.8) is 0 Å². The lowest BCUT2D eigenvalue weighted by molar-refractivity contribution is 0.229. The first kappa shape index (κ1) is 20.4. The molecule has 0 bridgehead atoms. The van der Waals surface area contributed by atoms with E-state index in [1.54, 1.807) is 6.20 Å². The molecular weight excluding hydrogens is 415 g/mol. The Labute approximate surface area is 160 Å². The second-order valence-corrected chi connectivity index (χ2v) is 5.72. The molecule has 1 atom stereocenters. The van der Waals surface area contributed by atoms with Gasteiger partial charge in [0.25, 0.3) is 0 Å². The maximum Gasteiger partial charge on any atom is 0.193 e. The van der Waals surface area contributed by atoms with Gasteiger partial charge in [0.05, 0.1) is 0 Å². The van der Waals surface area contributed by atoms with E-state index in [1.807, 2.05) is 36.4 Å². The second-order valence-electron chi connectivity index (χ2n) is 5.72. The molecule has 1 aromatic carbocycles. The van der Waals surface area contributed by atoms with Crippen LogP contribution in [0.1, 0.15) is 16.8 Å². The van der Waals surface area contributed by atoms with E-state index < -0.39 is 0 Å². The Balaban J connectivity index is 0.00000288. The molecule has 0 fully saturated rings. The Bertz CT molecular complexity index is 661. The quantitative estimate of drug-likeness (QED) is 0.367. The van der Waals surface area contributed by atoms with Crippen molar-refractivity contribution in [3.8, 4) is 0 Å². The summed E-state index contributed by atoms with van der Waals surface area (Å²) in [5.74, 6) is 0.359. The van der Waals surface area contributed by atoms with Gasteiger partial charge in [-0.3, -0.25) is 9.98 Å². The van der Waals surface area contributed by atoms with Crippen LogP contribution >= 0.6 is 24.0 Å². The number of nitrogens with one attached hydrogen (secondary N) is 1. The average Bonchev–Trinajstić information content (AvgIpc) is 2.56. The zero-order chi connectivity index (χ0) is 16.7. The fourth-order valence-corrected chi connectivity index (χ4v) is 2.24. The van der Waals surface area contributed by atoms with Gasteiger partial charge in [-0.15, -0.1) is 24.0 Å². The Morgan fingerprint density at radius 1 is 1.25 bits per heavy atom. The number of rotatable bonds is 6. The standard InChI is InChI=1S/C18H24N4O.HI/c1-13-6-7-17(9-14(13)2)22-18(19)21-11-15(12-23)10-16-5-3-4-8-20-16;/h3-9,15,23H,10-12H2,1-2H3,(H3,19,21,22);1H. The topological polar surface area (TPSA) is 83.5 Å².